The van der Waals surface area contributed by atoms with E-state index in [1.165, 1.54) is 0 Å². The number of rotatable bonds is 3. The number of hydrogen-bond acceptors (Lipinski definition) is 3. The third kappa shape index (κ3) is 2.45. The molecule has 0 aliphatic carbocycles. The Labute approximate surface area is 113 Å². The van der Waals surface area contributed by atoms with Crippen LogP contribution in [0.5, 0.6) is 5.75 Å². The van der Waals surface area contributed by atoms with E-state index in [9.17, 15) is 0 Å². The second-order valence-electron chi connectivity index (χ2n) is 3.42. The van der Waals surface area contributed by atoms with Crippen LogP contribution in [-0.4, -0.2) is 21.9 Å². The van der Waals surface area contributed by atoms with Gasteiger partial charge in [0.25, 0.3) is 0 Å². The molecule has 6 heteroatoms. The van der Waals surface area contributed by atoms with Gasteiger partial charge in [-0.15, -0.1) is 10.2 Å². The van der Waals surface area contributed by atoms with Crippen LogP contribution in [-0.2, 0) is 6.42 Å². The maximum Gasteiger partial charge on any atom is 0.229 e. The van der Waals surface area contributed by atoms with E-state index in [2.05, 4.69) is 26.1 Å². The number of halogens is 2. The molecule has 0 atom stereocenters. The third-order valence-electron chi connectivity index (χ3n) is 2.36. The Morgan fingerprint density at radius 2 is 2.12 bits per heavy atom. The molecule has 0 bridgehead atoms. The van der Waals surface area contributed by atoms with E-state index in [1.807, 2.05) is 25.1 Å². The van der Waals surface area contributed by atoms with Crippen molar-refractivity contribution in [2.45, 2.75) is 13.3 Å². The van der Waals surface area contributed by atoms with Gasteiger partial charge in [-0.2, -0.15) is 0 Å². The predicted octanol–water partition coefficient (Wildman–Crippen LogP) is 3.25. The van der Waals surface area contributed by atoms with Crippen molar-refractivity contribution in [3.8, 4) is 11.4 Å². The van der Waals surface area contributed by atoms with E-state index in [1.54, 1.807) is 11.7 Å². The fraction of sp³-hybridized carbons (Fsp3) is 0.273. The zero-order valence-electron chi connectivity index (χ0n) is 9.44. The van der Waals surface area contributed by atoms with Crippen molar-refractivity contribution in [1.82, 2.24) is 14.8 Å². The molecule has 1 aromatic heterocycles. The quantitative estimate of drug-likeness (QED) is 0.872. The number of hydrogen-bond donors (Lipinski definition) is 0. The number of benzene rings is 1. The maximum absolute atomic E-state index is 6.04. The van der Waals surface area contributed by atoms with Gasteiger partial charge in [0.1, 0.15) is 11.6 Å². The molecule has 0 saturated carbocycles. The first kappa shape index (κ1) is 12.4. The predicted molar refractivity (Wildman–Crippen MR) is 70.0 cm³/mol. The van der Waals surface area contributed by atoms with E-state index in [0.717, 1.165) is 28.2 Å². The van der Waals surface area contributed by atoms with Crippen molar-refractivity contribution in [3.63, 3.8) is 0 Å². The highest BCUT2D eigenvalue weighted by Crippen LogP contribution is 2.26. The molecular formula is C11H11BrClN3O. The Kier molecular flexibility index (Phi) is 3.69. The van der Waals surface area contributed by atoms with Crippen LogP contribution in [0.25, 0.3) is 5.69 Å². The van der Waals surface area contributed by atoms with Crippen LogP contribution >= 0.6 is 27.5 Å². The summed E-state index contributed by atoms with van der Waals surface area (Å²) in [5.74, 6) is 1.57. The lowest BCUT2D eigenvalue weighted by Gasteiger charge is -2.09. The minimum absolute atomic E-state index is 0.349. The van der Waals surface area contributed by atoms with E-state index < -0.39 is 0 Å². The first-order valence-electron chi connectivity index (χ1n) is 5.10. The van der Waals surface area contributed by atoms with E-state index in [-0.39, 0.29) is 0 Å². The van der Waals surface area contributed by atoms with Crippen molar-refractivity contribution in [3.05, 3.63) is 33.8 Å². The van der Waals surface area contributed by atoms with E-state index in [0.29, 0.717) is 5.28 Å². The fourth-order valence-corrected chi connectivity index (χ4v) is 2.27. The number of methoxy groups -OCH3 is 1. The lowest BCUT2D eigenvalue weighted by molar-refractivity contribution is 0.414. The molecule has 1 heterocycles. The highest BCUT2D eigenvalue weighted by atomic mass is 79.9. The van der Waals surface area contributed by atoms with Gasteiger partial charge in [-0.05, 0) is 23.7 Å². The molecule has 0 aliphatic rings. The van der Waals surface area contributed by atoms with Crippen LogP contribution in [0.1, 0.15) is 12.7 Å². The molecule has 1 aromatic carbocycles. The number of nitrogens with zero attached hydrogens (tertiary/aromatic N) is 3. The minimum atomic E-state index is 0.349. The third-order valence-corrected chi connectivity index (χ3v) is 3.06. The first-order valence-corrected chi connectivity index (χ1v) is 6.27. The van der Waals surface area contributed by atoms with Crippen LogP contribution in [0.3, 0.4) is 0 Å². The summed E-state index contributed by atoms with van der Waals surface area (Å²) in [5, 5.41) is 8.24. The molecule has 17 heavy (non-hydrogen) atoms. The molecule has 0 N–H and O–H groups in total. The van der Waals surface area contributed by atoms with Crippen LogP contribution in [0.4, 0.5) is 0 Å². The second-order valence-corrected chi connectivity index (χ2v) is 4.68. The van der Waals surface area contributed by atoms with Crippen molar-refractivity contribution in [2.75, 3.05) is 7.11 Å². The van der Waals surface area contributed by atoms with Gasteiger partial charge < -0.3 is 4.74 Å². The van der Waals surface area contributed by atoms with Crippen LogP contribution in [0, 0.1) is 0 Å². The summed E-state index contributed by atoms with van der Waals surface area (Å²) in [5.41, 5.74) is 0.878. The van der Waals surface area contributed by atoms with Gasteiger partial charge >= 0.3 is 0 Å². The molecule has 0 fully saturated rings. The zero-order chi connectivity index (χ0) is 12.4. The van der Waals surface area contributed by atoms with Gasteiger partial charge in [0.15, 0.2) is 0 Å². The molecule has 4 nitrogen and oxygen atoms in total. The molecule has 2 aromatic rings. The lowest BCUT2D eigenvalue weighted by Crippen LogP contribution is -2.01. The average Bonchev–Trinajstić information content (AvgIpc) is 2.69. The largest absolute Gasteiger partial charge is 0.497 e. The van der Waals surface area contributed by atoms with Crippen molar-refractivity contribution in [2.24, 2.45) is 0 Å². The SMILES string of the molecule is CCc1nnc(Cl)n1-c1cc(Br)cc(OC)c1. The van der Waals surface area contributed by atoms with E-state index in [4.69, 9.17) is 16.3 Å². The van der Waals surface area contributed by atoms with Crippen molar-refractivity contribution < 1.29 is 4.74 Å². The molecule has 0 spiro atoms. The van der Waals surface area contributed by atoms with E-state index >= 15 is 0 Å². The second kappa shape index (κ2) is 5.06. The smallest absolute Gasteiger partial charge is 0.229 e. The summed E-state index contributed by atoms with van der Waals surface area (Å²) in [7, 11) is 1.63. The Morgan fingerprint density at radius 1 is 1.35 bits per heavy atom. The van der Waals surface area contributed by atoms with Crippen molar-refractivity contribution in [1.29, 1.82) is 0 Å². The Balaban J connectivity index is 2.59. The van der Waals surface area contributed by atoms with Gasteiger partial charge in [0, 0.05) is 17.0 Å². The molecule has 0 saturated heterocycles. The Hall–Kier alpha value is -1.07. The summed E-state index contributed by atoms with van der Waals surface area (Å²) in [6.45, 7) is 2.01. The topological polar surface area (TPSA) is 39.9 Å². The Bertz CT molecular complexity index is 542. The summed E-state index contributed by atoms with van der Waals surface area (Å²) in [4.78, 5) is 0. The van der Waals surface area contributed by atoms with Gasteiger partial charge in [0.2, 0.25) is 5.28 Å². The Morgan fingerprint density at radius 3 is 2.76 bits per heavy atom. The molecule has 0 aliphatic heterocycles. The van der Waals surface area contributed by atoms with Gasteiger partial charge in [-0.1, -0.05) is 22.9 Å². The van der Waals surface area contributed by atoms with Crippen LogP contribution in [0.15, 0.2) is 22.7 Å². The summed E-state index contributed by atoms with van der Waals surface area (Å²) in [6, 6.07) is 5.71. The molecule has 2 rings (SSSR count). The molecule has 0 unspecified atom stereocenters. The first-order chi connectivity index (χ1) is 8.15. The highest BCUT2D eigenvalue weighted by Gasteiger charge is 2.12. The summed E-state index contributed by atoms with van der Waals surface area (Å²) < 4.78 is 7.94. The summed E-state index contributed by atoms with van der Waals surface area (Å²) in [6.07, 6.45) is 0.758. The normalized spacial score (nSPS) is 10.6. The minimum Gasteiger partial charge on any atom is -0.497 e. The summed E-state index contributed by atoms with van der Waals surface area (Å²) >= 11 is 9.47. The monoisotopic (exact) mass is 315 g/mol. The van der Waals surface area contributed by atoms with Gasteiger partial charge in [0.05, 0.1) is 12.8 Å². The molecule has 0 amide bonds. The van der Waals surface area contributed by atoms with Crippen LogP contribution < -0.4 is 4.74 Å². The standard InChI is InChI=1S/C11H11BrClN3O/c1-3-10-14-15-11(13)16(10)8-4-7(12)5-9(6-8)17-2/h4-6H,3H2,1-2H3. The molecule has 0 radical (unpaired) electrons. The number of ether oxygens (including phenoxy) is 1. The number of aryl methyl sites for hydroxylation is 1. The van der Waals surface area contributed by atoms with Gasteiger partial charge in [-0.3, -0.25) is 4.57 Å². The zero-order valence-corrected chi connectivity index (χ0v) is 11.8. The average molecular weight is 317 g/mol. The fourth-order valence-electron chi connectivity index (χ4n) is 1.57. The maximum atomic E-state index is 6.04. The van der Waals surface area contributed by atoms with Crippen molar-refractivity contribution >= 4 is 27.5 Å². The molecular weight excluding hydrogens is 305 g/mol. The molecule has 90 valence electrons. The van der Waals surface area contributed by atoms with Gasteiger partial charge in [-0.25, -0.2) is 0 Å². The lowest BCUT2D eigenvalue weighted by atomic mass is 10.3. The highest BCUT2D eigenvalue weighted by molar-refractivity contribution is 9.10. The van der Waals surface area contributed by atoms with Crippen LogP contribution in [0.2, 0.25) is 5.28 Å². The number of aromatic nitrogens is 3.